The predicted molar refractivity (Wildman–Crippen MR) is 64.0 cm³/mol. The van der Waals surface area contributed by atoms with Crippen LogP contribution in [0.1, 0.15) is 12.8 Å². The van der Waals surface area contributed by atoms with Crippen molar-refractivity contribution in [1.82, 2.24) is 9.97 Å². The van der Waals surface area contributed by atoms with Gasteiger partial charge in [0.05, 0.1) is 30.4 Å². The molecule has 0 amide bonds. The Balaban J connectivity index is 1.95. The number of aromatic nitrogens is 2. The number of halogens is 1. The molecule has 1 saturated heterocycles. The highest BCUT2D eigenvalue weighted by Crippen LogP contribution is 2.21. The maximum Gasteiger partial charge on any atom is 0.308 e. The first-order valence-electron chi connectivity index (χ1n) is 5.51. The second-order valence-electron chi connectivity index (χ2n) is 3.99. The quantitative estimate of drug-likeness (QED) is 0.750. The van der Waals surface area contributed by atoms with Crippen LogP contribution < -0.4 is 4.90 Å². The molecule has 2 heterocycles. The van der Waals surface area contributed by atoms with E-state index >= 15 is 0 Å². The lowest BCUT2D eigenvalue weighted by Gasteiger charge is -2.30. The zero-order chi connectivity index (χ0) is 12.3. The number of hydrogen-bond acceptors (Lipinski definition) is 5. The molecule has 0 radical (unpaired) electrons. The molecule has 1 aromatic rings. The number of anilines is 1. The highest BCUT2D eigenvalue weighted by atomic mass is 35.5. The Bertz CT molecular complexity index is 388. The number of carbonyl (C=O) groups is 1. The minimum Gasteiger partial charge on any atom is -0.469 e. The molecule has 92 valence electrons. The Labute approximate surface area is 105 Å². The fraction of sp³-hybridized carbons (Fsp3) is 0.545. The van der Waals surface area contributed by atoms with Crippen LogP contribution in [-0.4, -0.2) is 36.1 Å². The summed E-state index contributed by atoms with van der Waals surface area (Å²) < 4.78 is 4.74. The van der Waals surface area contributed by atoms with Gasteiger partial charge in [-0.15, -0.1) is 0 Å². The van der Waals surface area contributed by atoms with E-state index in [2.05, 4.69) is 14.9 Å². The summed E-state index contributed by atoms with van der Waals surface area (Å²) in [5.41, 5.74) is 0. The summed E-state index contributed by atoms with van der Waals surface area (Å²) in [5, 5.41) is 0.526. The van der Waals surface area contributed by atoms with Crippen molar-refractivity contribution in [3.8, 4) is 0 Å². The van der Waals surface area contributed by atoms with E-state index in [-0.39, 0.29) is 11.9 Å². The smallest absolute Gasteiger partial charge is 0.308 e. The van der Waals surface area contributed by atoms with E-state index in [1.807, 2.05) is 0 Å². The second-order valence-corrected chi connectivity index (χ2v) is 4.42. The average Bonchev–Trinajstić information content (AvgIpc) is 2.39. The number of ether oxygens (including phenoxy) is 1. The Morgan fingerprint density at radius 1 is 1.41 bits per heavy atom. The molecule has 1 aromatic heterocycles. The van der Waals surface area contributed by atoms with Crippen LogP contribution in [0, 0.1) is 5.92 Å². The number of nitrogens with zero attached hydrogens (tertiary/aromatic N) is 3. The molecule has 17 heavy (non-hydrogen) atoms. The van der Waals surface area contributed by atoms with Gasteiger partial charge in [-0.05, 0) is 12.8 Å². The van der Waals surface area contributed by atoms with E-state index < -0.39 is 0 Å². The number of hydrogen-bond donors (Lipinski definition) is 0. The van der Waals surface area contributed by atoms with Gasteiger partial charge in [0.1, 0.15) is 0 Å². The molecule has 0 aromatic carbocycles. The summed E-state index contributed by atoms with van der Waals surface area (Å²) in [6, 6.07) is 0. The third-order valence-electron chi connectivity index (χ3n) is 2.92. The van der Waals surface area contributed by atoms with Crippen molar-refractivity contribution in [3.05, 3.63) is 17.4 Å². The van der Waals surface area contributed by atoms with Crippen molar-refractivity contribution in [3.63, 3.8) is 0 Å². The molecule has 0 spiro atoms. The fourth-order valence-corrected chi connectivity index (χ4v) is 2.05. The van der Waals surface area contributed by atoms with Gasteiger partial charge in [0.15, 0.2) is 0 Å². The summed E-state index contributed by atoms with van der Waals surface area (Å²) >= 11 is 5.73. The molecule has 1 fully saturated rings. The Kier molecular flexibility index (Phi) is 3.78. The number of methoxy groups -OCH3 is 1. The minimum atomic E-state index is -0.123. The van der Waals surface area contributed by atoms with Crippen LogP contribution in [0.2, 0.25) is 5.02 Å². The Morgan fingerprint density at radius 2 is 2.00 bits per heavy atom. The summed E-state index contributed by atoms with van der Waals surface area (Å²) in [5.74, 6) is 0.544. The average molecular weight is 256 g/mol. The molecule has 0 aliphatic carbocycles. The first-order chi connectivity index (χ1) is 8.20. The first kappa shape index (κ1) is 12.1. The molecule has 1 aliphatic heterocycles. The molecule has 0 N–H and O–H groups in total. The van der Waals surface area contributed by atoms with E-state index in [4.69, 9.17) is 16.3 Å². The molecule has 0 atom stereocenters. The van der Waals surface area contributed by atoms with Gasteiger partial charge in [0, 0.05) is 13.1 Å². The van der Waals surface area contributed by atoms with Crippen LogP contribution in [0.4, 0.5) is 5.95 Å². The third-order valence-corrected chi connectivity index (χ3v) is 3.11. The normalized spacial score (nSPS) is 16.9. The first-order valence-corrected chi connectivity index (χ1v) is 5.89. The van der Waals surface area contributed by atoms with Gasteiger partial charge in [-0.2, -0.15) is 0 Å². The van der Waals surface area contributed by atoms with E-state index in [0.717, 1.165) is 25.9 Å². The van der Waals surface area contributed by atoms with Crippen molar-refractivity contribution < 1.29 is 9.53 Å². The van der Waals surface area contributed by atoms with E-state index in [1.165, 1.54) is 7.11 Å². The third kappa shape index (κ3) is 2.85. The van der Waals surface area contributed by atoms with Crippen LogP contribution in [0.25, 0.3) is 0 Å². The van der Waals surface area contributed by atoms with Gasteiger partial charge in [0.25, 0.3) is 0 Å². The van der Waals surface area contributed by atoms with Crippen LogP contribution in [-0.2, 0) is 9.53 Å². The molecule has 0 unspecified atom stereocenters. The van der Waals surface area contributed by atoms with Gasteiger partial charge in [-0.1, -0.05) is 11.6 Å². The van der Waals surface area contributed by atoms with Gasteiger partial charge in [-0.3, -0.25) is 4.79 Å². The molecule has 2 rings (SSSR count). The van der Waals surface area contributed by atoms with Gasteiger partial charge >= 0.3 is 5.97 Å². The number of piperidine rings is 1. The van der Waals surface area contributed by atoms with Crippen molar-refractivity contribution in [2.75, 3.05) is 25.1 Å². The standard InChI is InChI=1S/C11H14ClN3O2/c1-17-10(16)8-2-4-15(5-3-8)11-13-6-9(12)7-14-11/h6-8H,2-5H2,1H3. The molecular weight excluding hydrogens is 242 g/mol. The number of rotatable bonds is 2. The van der Waals surface area contributed by atoms with Gasteiger partial charge in [0.2, 0.25) is 5.95 Å². The molecule has 1 aliphatic rings. The zero-order valence-electron chi connectivity index (χ0n) is 9.60. The van der Waals surface area contributed by atoms with Crippen LogP contribution >= 0.6 is 11.6 Å². The Morgan fingerprint density at radius 3 is 2.53 bits per heavy atom. The minimum absolute atomic E-state index is 0.00329. The van der Waals surface area contributed by atoms with E-state index in [9.17, 15) is 4.79 Å². The van der Waals surface area contributed by atoms with Gasteiger partial charge < -0.3 is 9.64 Å². The maximum atomic E-state index is 11.4. The van der Waals surface area contributed by atoms with Crippen molar-refractivity contribution in [1.29, 1.82) is 0 Å². The monoisotopic (exact) mass is 255 g/mol. The predicted octanol–water partition coefficient (Wildman–Crippen LogP) is 1.52. The van der Waals surface area contributed by atoms with Crippen LogP contribution in [0.5, 0.6) is 0 Å². The largest absolute Gasteiger partial charge is 0.469 e. The SMILES string of the molecule is COC(=O)C1CCN(c2ncc(Cl)cn2)CC1. The fourth-order valence-electron chi connectivity index (χ4n) is 1.95. The number of carbonyl (C=O) groups excluding carboxylic acids is 1. The van der Waals surface area contributed by atoms with Crippen LogP contribution in [0.15, 0.2) is 12.4 Å². The zero-order valence-corrected chi connectivity index (χ0v) is 10.4. The molecule has 5 nitrogen and oxygen atoms in total. The molecule has 0 bridgehead atoms. The topological polar surface area (TPSA) is 55.3 Å². The second kappa shape index (κ2) is 5.31. The highest BCUT2D eigenvalue weighted by molar-refractivity contribution is 6.30. The van der Waals surface area contributed by atoms with Gasteiger partial charge in [-0.25, -0.2) is 9.97 Å². The van der Waals surface area contributed by atoms with Crippen molar-refractivity contribution >= 4 is 23.5 Å². The summed E-state index contributed by atoms with van der Waals surface area (Å²) in [7, 11) is 1.43. The highest BCUT2D eigenvalue weighted by Gasteiger charge is 2.26. The molecule has 6 heteroatoms. The Hall–Kier alpha value is -1.36. The van der Waals surface area contributed by atoms with Crippen LogP contribution in [0.3, 0.4) is 0 Å². The van der Waals surface area contributed by atoms with Crippen molar-refractivity contribution in [2.45, 2.75) is 12.8 Å². The molecule has 0 saturated carbocycles. The van der Waals surface area contributed by atoms with E-state index in [1.54, 1.807) is 12.4 Å². The lowest BCUT2D eigenvalue weighted by molar-refractivity contribution is -0.146. The number of esters is 1. The van der Waals surface area contributed by atoms with E-state index in [0.29, 0.717) is 11.0 Å². The maximum absolute atomic E-state index is 11.4. The lowest BCUT2D eigenvalue weighted by atomic mass is 9.97. The summed E-state index contributed by atoms with van der Waals surface area (Å²) in [4.78, 5) is 21.7. The lowest BCUT2D eigenvalue weighted by Crippen LogP contribution is -2.37. The summed E-state index contributed by atoms with van der Waals surface area (Å²) in [6.07, 6.45) is 4.71. The summed E-state index contributed by atoms with van der Waals surface area (Å²) in [6.45, 7) is 1.53. The van der Waals surface area contributed by atoms with Crippen molar-refractivity contribution in [2.24, 2.45) is 5.92 Å². The molecular formula is C11H14ClN3O2.